The predicted molar refractivity (Wildman–Crippen MR) is 122 cm³/mol. The Morgan fingerprint density at radius 1 is 1.00 bits per heavy atom. The summed E-state index contributed by atoms with van der Waals surface area (Å²) in [6.07, 6.45) is 4.49. The van der Waals surface area contributed by atoms with E-state index >= 15 is 0 Å². The maximum Gasteiger partial charge on any atom is 0.225 e. The Morgan fingerprint density at radius 2 is 1.77 bits per heavy atom. The van der Waals surface area contributed by atoms with Gasteiger partial charge >= 0.3 is 0 Å². The van der Waals surface area contributed by atoms with E-state index in [9.17, 15) is 9.59 Å². The molecule has 0 saturated carbocycles. The zero-order valence-electron chi connectivity index (χ0n) is 18.7. The Balaban J connectivity index is 1.39. The van der Waals surface area contributed by atoms with Crippen molar-refractivity contribution in [2.75, 3.05) is 26.2 Å². The van der Waals surface area contributed by atoms with Gasteiger partial charge in [0.1, 0.15) is 0 Å². The van der Waals surface area contributed by atoms with Crippen molar-refractivity contribution < 1.29 is 9.59 Å². The van der Waals surface area contributed by atoms with Crippen LogP contribution in [0.4, 0.5) is 0 Å². The van der Waals surface area contributed by atoms with Crippen LogP contribution >= 0.6 is 0 Å². The van der Waals surface area contributed by atoms with Gasteiger partial charge in [-0.1, -0.05) is 35.9 Å². The van der Waals surface area contributed by atoms with Crippen molar-refractivity contribution in [1.82, 2.24) is 14.8 Å². The maximum atomic E-state index is 13.1. The van der Waals surface area contributed by atoms with Gasteiger partial charge in [0.05, 0.1) is 0 Å². The summed E-state index contributed by atoms with van der Waals surface area (Å²) in [7, 11) is 0. The zero-order valence-corrected chi connectivity index (χ0v) is 18.7. The lowest BCUT2D eigenvalue weighted by molar-refractivity contribution is -0.141. The Hall–Kier alpha value is -2.69. The maximum absolute atomic E-state index is 13.1. The van der Waals surface area contributed by atoms with Gasteiger partial charge < -0.3 is 9.80 Å². The average molecular weight is 420 g/mol. The number of amides is 2. The van der Waals surface area contributed by atoms with Crippen molar-refractivity contribution in [2.24, 2.45) is 5.92 Å². The molecule has 0 bridgehead atoms. The number of likely N-dealkylation sites (tertiary alicyclic amines) is 2. The van der Waals surface area contributed by atoms with Gasteiger partial charge in [0.25, 0.3) is 0 Å². The van der Waals surface area contributed by atoms with Crippen molar-refractivity contribution in [3.8, 4) is 0 Å². The first-order valence-electron chi connectivity index (χ1n) is 11.6. The topological polar surface area (TPSA) is 53.5 Å². The Bertz CT molecular complexity index is 934. The summed E-state index contributed by atoms with van der Waals surface area (Å²) in [4.78, 5) is 33.6. The monoisotopic (exact) mass is 419 g/mol. The molecule has 3 heterocycles. The Labute approximate surface area is 185 Å². The third-order valence-electron chi connectivity index (χ3n) is 6.74. The molecule has 0 N–H and O–H groups in total. The van der Waals surface area contributed by atoms with Crippen molar-refractivity contribution in [1.29, 1.82) is 0 Å². The molecule has 2 aliphatic rings. The molecule has 4 rings (SSSR count). The molecule has 0 aliphatic carbocycles. The van der Waals surface area contributed by atoms with Crippen LogP contribution in [0.15, 0.2) is 42.5 Å². The van der Waals surface area contributed by atoms with Crippen LogP contribution in [0.1, 0.15) is 61.0 Å². The number of piperidine rings is 2. The quantitative estimate of drug-likeness (QED) is 0.754. The molecule has 2 aliphatic heterocycles. The lowest BCUT2D eigenvalue weighted by atomic mass is 9.90. The number of benzene rings is 1. The molecule has 1 aromatic heterocycles. The highest BCUT2D eigenvalue weighted by molar-refractivity contribution is 5.80. The smallest absolute Gasteiger partial charge is 0.225 e. The van der Waals surface area contributed by atoms with Gasteiger partial charge in [-0.25, -0.2) is 0 Å². The van der Waals surface area contributed by atoms with E-state index in [-0.39, 0.29) is 17.7 Å². The first-order chi connectivity index (χ1) is 15.0. The number of rotatable bonds is 4. The van der Waals surface area contributed by atoms with Crippen LogP contribution in [0.25, 0.3) is 0 Å². The molecule has 2 amide bonds. The first-order valence-corrected chi connectivity index (χ1v) is 11.6. The van der Waals surface area contributed by atoms with E-state index in [1.54, 1.807) is 6.92 Å². The van der Waals surface area contributed by atoms with Gasteiger partial charge in [0.2, 0.25) is 11.8 Å². The molecule has 0 radical (unpaired) electrons. The second kappa shape index (κ2) is 9.63. The van der Waals surface area contributed by atoms with E-state index in [1.165, 1.54) is 11.1 Å². The number of nitrogens with zero attached hydrogens (tertiary/aromatic N) is 3. The third-order valence-corrected chi connectivity index (χ3v) is 6.74. The zero-order chi connectivity index (χ0) is 21.8. The summed E-state index contributed by atoms with van der Waals surface area (Å²) in [5.74, 6) is 0.729. The molecule has 164 valence electrons. The SMILES string of the molecule is CC(=O)N1CCC(C(=O)N2CCC[C@@H](c3cccc(Cc4cccc(C)c4)n3)C2)CC1. The van der Waals surface area contributed by atoms with Crippen molar-refractivity contribution in [3.63, 3.8) is 0 Å². The van der Waals surface area contributed by atoms with Gasteiger partial charge in [0, 0.05) is 62.7 Å². The Morgan fingerprint density at radius 3 is 2.52 bits per heavy atom. The molecule has 1 aromatic carbocycles. The van der Waals surface area contributed by atoms with E-state index in [2.05, 4.69) is 54.3 Å². The van der Waals surface area contributed by atoms with Gasteiger partial charge in [-0.05, 0) is 50.3 Å². The van der Waals surface area contributed by atoms with Crippen LogP contribution in [0.3, 0.4) is 0 Å². The molecule has 2 saturated heterocycles. The van der Waals surface area contributed by atoms with Crippen LogP contribution in [-0.4, -0.2) is 52.8 Å². The minimum Gasteiger partial charge on any atom is -0.343 e. The van der Waals surface area contributed by atoms with E-state index in [1.807, 2.05) is 4.90 Å². The third kappa shape index (κ3) is 5.33. The number of pyridine rings is 1. The highest BCUT2D eigenvalue weighted by atomic mass is 16.2. The molecule has 2 fully saturated rings. The number of hydrogen-bond acceptors (Lipinski definition) is 3. The first kappa shape index (κ1) is 21.5. The molecule has 31 heavy (non-hydrogen) atoms. The van der Waals surface area contributed by atoms with Gasteiger partial charge in [-0.2, -0.15) is 0 Å². The van der Waals surface area contributed by atoms with Crippen LogP contribution in [0.2, 0.25) is 0 Å². The largest absolute Gasteiger partial charge is 0.343 e. The molecular formula is C26H33N3O2. The van der Waals surface area contributed by atoms with E-state index < -0.39 is 0 Å². The highest BCUT2D eigenvalue weighted by Crippen LogP contribution is 2.29. The highest BCUT2D eigenvalue weighted by Gasteiger charge is 2.32. The fourth-order valence-electron chi connectivity index (χ4n) is 4.97. The van der Waals surface area contributed by atoms with E-state index in [0.717, 1.165) is 56.6 Å². The predicted octanol–water partition coefficient (Wildman–Crippen LogP) is 3.95. The minimum absolute atomic E-state index is 0.0509. The van der Waals surface area contributed by atoms with E-state index in [4.69, 9.17) is 4.98 Å². The minimum atomic E-state index is 0.0509. The number of aryl methyl sites for hydroxylation is 1. The summed E-state index contributed by atoms with van der Waals surface area (Å²) in [5, 5.41) is 0. The molecule has 1 atom stereocenters. The summed E-state index contributed by atoms with van der Waals surface area (Å²) in [6.45, 7) is 6.72. The molecule has 0 spiro atoms. The van der Waals surface area contributed by atoms with E-state index in [0.29, 0.717) is 19.0 Å². The Kier molecular flexibility index (Phi) is 6.69. The van der Waals surface area contributed by atoms with Gasteiger partial charge in [0.15, 0.2) is 0 Å². The summed E-state index contributed by atoms with van der Waals surface area (Å²) >= 11 is 0. The fourth-order valence-corrected chi connectivity index (χ4v) is 4.97. The van der Waals surface area contributed by atoms with Gasteiger partial charge in [-0.3, -0.25) is 14.6 Å². The number of carbonyl (C=O) groups is 2. The van der Waals surface area contributed by atoms with Gasteiger partial charge in [-0.15, -0.1) is 0 Å². The second-order valence-electron chi connectivity index (χ2n) is 9.12. The van der Waals surface area contributed by atoms with Crippen LogP contribution in [-0.2, 0) is 16.0 Å². The summed E-state index contributed by atoms with van der Waals surface area (Å²) in [6, 6.07) is 14.9. The summed E-state index contributed by atoms with van der Waals surface area (Å²) < 4.78 is 0. The van der Waals surface area contributed by atoms with Crippen LogP contribution < -0.4 is 0 Å². The molecule has 5 heteroatoms. The molecule has 0 unspecified atom stereocenters. The van der Waals surface area contributed by atoms with Crippen molar-refractivity contribution in [2.45, 2.75) is 51.9 Å². The molecule has 5 nitrogen and oxygen atoms in total. The fraction of sp³-hybridized carbons (Fsp3) is 0.500. The second-order valence-corrected chi connectivity index (χ2v) is 9.12. The average Bonchev–Trinajstić information content (AvgIpc) is 2.79. The van der Waals surface area contributed by atoms with Crippen LogP contribution in [0.5, 0.6) is 0 Å². The molecular weight excluding hydrogens is 386 g/mol. The van der Waals surface area contributed by atoms with Crippen LogP contribution in [0, 0.1) is 12.8 Å². The van der Waals surface area contributed by atoms with Crippen molar-refractivity contribution in [3.05, 3.63) is 65.0 Å². The number of carbonyl (C=O) groups excluding carboxylic acids is 2. The lowest BCUT2D eigenvalue weighted by Crippen LogP contribution is -2.46. The van der Waals surface area contributed by atoms with Crippen molar-refractivity contribution >= 4 is 11.8 Å². The number of aromatic nitrogens is 1. The lowest BCUT2D eigenvalue weighted by Gasteiger charge is -2.37. The summed E-state index contributed by atoms with van der Waals surface area (Å²) in [5.41, 5.74) is 4.74. The standard InChI is InChI=1S/C26H33N3O2/c1-19-6-3-7-21(16-19)17-24-9-4-10-25(27-24)23-8-5-13-29(18-23)26(31)22-11-14-28(15-12-22)20(2)30/h3-4,6-7,9-10,16,22-23H,5,8,11-15,17-18H2,1-2H3/t23-/m1/s1. The number of hydrogen-bond donors (Lipinski definition) is 0. The normalized spacial score (nSPS) is 20.0. The molecule has 2 aromatic rings.